The summed E-state index contributed by atoms with van der Waals surface area (Å²) in [5, 5.41) is 7.37. The van der Waals surface area contributed by atoms with Gasteiger partial charge < -0.3 is 9.47 Å². The topological polar surface area (TPSA) is 18.5 Å². The van der Waals surface area contributed by atoms with Crippen LogP contribution >= 0.6 is 0 Å². The maximum Gasteiger partial charge on any atom is 0.118 e. The van der Waals surface area contributed by atoms with Crippen LogP contribution in [-0.4, -0.2) is 14.2 Å². The van der Waals surface area contributed by atoms with Crippen molar-refractivity contribution in [2.45, 2.75) is 111 Å². The van der Waals surface area contributed by atoms with Gasteiger partial charge in [-0.1, -0.05) is 24.3 Å². The van der Waals surface area contributed by atoms with Gasteiger partial charge in [-0.3, -0.25) is 0 Å². The quantitative estimate of drug-likeness (QED) is 0.171. The predicted octanol–water partition coefficient (Wildman–Crippen LogP) is 12.1. The molecular formula is C55H44O2. The first kappa shape index (κ1) is 28.2. The van der Waals surface area contributed by atoms with Gasteiger partial charge in [0, 0.05) is 10.8 Å². The van der Waals surface area contributed by atoms with Gasteiger partial charge in [0.2, 0.25) is 0 Å². The molecule has 0 aromatic heterocycles. The molecule has 10 atom stereocenters. The molecule has 0 heterocycles. The SMILES string of the molecule is COc1ccc(C2(c3ccc(OC)cc3)C34C5=C6c7c8c9c%10c%11c%12c%13c%14c%15c(c%16c%13c%10c7C%1632)C2=C4C3CCC2C%15CCC%14C%12CCC%11C9CCC8C6CCC53)cc1. The molecule has 2 saturated carbocycles. The molecule has 0 amide bonds. The molecule has 19 rings (SSSR count). The fourth-order valence-electron chi connectivity index (χ4n) is 21.3. The molecule has 2 nitrogen and oxygen atoms in total. The zero-order chi connectivity index (χ0) is 36.1. The van der Waals surface area contributed by atoms with Crippen molar-refractivity contribution in [1.29, 1.82) is 0 Å². The summed E-state index contributed by atoms with van der Waals surface area (Å²) in [5.74, 6) is 9.29. The van der Waals surface area contributed by atoms with Crippen molar-refractivity contribution in [3.8, 4) is 11.5 Å². The molecule has 2 spiro atoms. The molecular weight excluding hydrogens is 693 g/mol. The van der Waals surface area contributed by atoms with E-state index in [1.54, 1.807) is 0 Å². The zero-order valence-electron chi connectivity index (χ0n) is 32.8. The molecule has 0 radical (unpaired) electrons. The zero-order valence-corrected chi connectivity index (χ0v) is 32.8. The van der Waals surface area contributed by atoms with Crippen LogP contribution in [0.3, 0.4) is 0 Å². The van der Waals surface area contributed by atoms with Crippen LogP contribution in [-0.2, 0) is 10.8 Å². The van der Waals surface area contributed by atoms with E-state index in [0.29, 0.717) is 11.8 Å². The number of ether oxygens (including phenoxy) is 2. The summed E-state index contributed by atoms with van der Waals surface area (Å²) in [4.78, 5) is 0. The van der Waals surface area contributed by atoms with E-state index >= 15 is 0 Å². The van der Waals surface area contributed by atoms with Crippen molar-refractivity contribution in [1.82, 2.24) is 0 Å². The predicted molar refractivity (Wildman–Crippen MR) is 222 cm³/mol. The molecule has 0 saturated heterocycles. The summed E-state index contributed by atoms with van der Waals surface area (Å²) in [6, 6.07) is 19.5. The smallest absolute Gasteiger partial charge is 0.118 e. The molecule has 0 N–H and O–H groups in total. The summed E-state index contributed by atoms with van der Waals surface area (Å²) >= 11 is 0. The van der Waals surface area contributed by atoms with Crippen molar-refractivity contribution >= 4 is 32.7 Å². The van der Waals surface area contributed by atoms with Crippen molar-refractivity contribution in [2.75, 3.05) is 14.2 Å². The Morgan fingerprint density at radius 3 is 1.12 bits per heavy atom. The van der Waals surface area contributed by atoms with E-state index in [0.717, 1.165) is 58.8 Å². The standard InChI is InChI=1S/C55H44O2/c1-56-23-7-3-21(4-8-23)53(22-5-9-24(57-2)10-6-22)54-49-33-19-17-31-29-15-13-27-25-11-12-26-28-14-16-30-32-18-20-34(33)50(54)42(32)46-40(30)38(28)44-36(26)35(25)43-37(27)39(29)45(41(31)49)51-47(43)48(44)52(46)55(51,53)54/h3-10,25-34H,11-20H2,1-2H3. The van der Waals surface area contributed by atoms with E-state index in [4.69, 9.17) is 9.47 Å². The Bertz CT molecular complexity index is 2920. The molecule has 0 bridgehead atoms. The van der Waals surface area contributed by atoms with Gasteiger partial charge in [0.15, 0.2) is 0 Å². The van der Waals surface area contributed by atoms with Crippen molar-refractivity contribution in [3.63, 3.8) is 0 Å². The molecule has 57 heavy (non-hydrogen) atoms. The van der Waals surface area contributed by atoms with Gasteiger partial charge in [-0.15, -0.1) is 0 Å². The minimum absolute atomic E-state index is 0.0247. The normalized spacial score (nSPS) is 41.3. The van der Waals surface area contributed by atoms with Crippen LogP contribution in [0.1, 0.15) is 166 Å². The molecule has 276 valence electrons. The summed E-state index contributed by atoms with van der Waals surface area (Å²) in [5.41, 5.74) is 29.7. The minimum Gasteiger partial charge on any atom is -0.497 e. The third kappa shape index (κ3) is 2.12. The van der Waals surface area contributed by atoms with Gasteiger partial charge in [0.1, 0.15) is 11.5 Å². The molecule has 2 heteroatoms. The minimum atomic E-state index is -0.211. The largest absolute Gasteiger partial charge is 0.497 e. The number of benzene rings is 5. The lowest BCUT2D eigenvalue weighted by Gasteiger charge is -2.40. The molecule has 10 unspecified atom stereocenters. The summed E-state index contributed by atoms with van der Waals surface area (Å²) in [6.07, 6.45) is 14.3. The third-order valence-electron chi connectivity index (χ3n) is 21.7. The van der Waals surface area contributed by atoms with E-state index in [1.165, 1.54) is 75.3 Å². The van der Waals surface area contributed by atoms with E-state index < -0.39 is 0 Å². The lowest BCUT2D eigenvalue weighted by molar-refractivity contribution is 0.296. The van der Waals surface area contributed by atoms with E-state index in [-0.39, 0.29) is 16.2 Å². The highest BCUT2D eigenvalue weighted by molar-refractivity contribution is 6.28. The Kier molecular flexibility index (Phi) is 3.91. The summed E-state index contributed by atoms with van der Waals surface area (Å²) < 4.78 is 11.9. The highest BCUT2D eigenvalue weighted by Gasteiger charge is 2.98. The first-order valence-electron chi connectivity index (χ1n) is 23.3. The Labute approximate surface area is 332 Å². The maximum absolute atomic E-state index is 5.96. The number of hydrogen-bond acceptors (Lipinski definition) is 2. The van der Waals surface area contributed by atoms with Gasteiger partial charge in [0.25, 0.3) is 0 Å². The van der Waals surface area contributed by atoms with Crippen LogP contribution < -0.4 is 9.47 Å². The lowest BCUT2D eigenvalue weighted by Crippen LogP contribution is -2.31. The highest BCUT2D eigenvalue weighted by Crippen LogP contribution is 3.01. The molecule has 0 aliphatic heterocycles. The monoisotopic (exact) mass is 736 g/mol. The lowest BCUT2D eigenvalue weighted by atomic mass is 9.62. The second-order valence-electron chi connectivity index (χ2n) is 21.8. The number of allylic oxidation sites excluding steroid dienone is 4. The number of methoxy groups -OCH3 is 2. The average molecular weight is 737 g/mol. The second-order valence-corrected chi connectivity index (χ2v) is 21.8. The van der Waals surface area contributed by atoms with Gasteiger partial charge >= 0.3 is 0 Å². The van der Waals surface area contributed by atoms with Crippen LogP contribution in [0, 0.1) is 29.1 Å². The molecule has 5 aromatic rings. The Morgan fingerprint density at radius 2 is 0.719 bits per heavy atom. The number of fused-ring (bicyclic) bond motifs is 5. The Morgan fingerprint density at radius 1 is 0.368 bits per heavy atom. The molecule has 14 aliphatic rings. The Balaban J connectivity index is 1.14. The van der Waals surface area contributed by atoms with Crippen molar-refractivity contribution in [3.05, 3.63) is 126 Å². The van der Waals surface area contributed by atoms with Crippen molar-refractivity contribution < 1.29 is 9.47 Å². The van der Waals surface area contributed by atoms with Crippen LogP contribution in [0.15, 0.2) is 59.7 Å². The summed E-state index contributed by atoms with van der Waals surface area (Å²) in [7, 11) is 3.69. The maximum atomic E-state index is 5.96. The fourth-order valence-corrected chi connectivity index (χ4v) is 21.3. The van der Waals surface area contributed by atoms with E-state index in [2.05, 4.69) is 48.5 Å². The fraction of sp³-hybridized carbons (Fsp3) is 0.455. The Hall–Kier alpha value is -4.30. The first-order valence-corrected chi connectivity index (χ1v) is 23.3. The highest BCUT2D eigenvalue weighted by atomic mass is 16.5. The van der Waals surface area contributed by atoms with Crippen LogP contribution in [0.2, 0.25) is 0 Å². The van der Waals surface area contributed by atoms with E-state index in [9.17, 15) is 0 Å². The van der Waals surface area contributed by atoms with Crippen LogP contribution in [0.4, 0.5) is 0 Å². The third-order valence-corrected chi connectivity index (χ3v) is 21.7. The van der Waals surface area contributed by atoms with Gasteiger partial charge in [-0.05, 0) is 258 Å². The number of hydrogen-bond donors (Lipinski definition) is 0. The number of rotatable bonds is 4. The molecule has 5 aromatic carbocycles. The first-order chi connectivity index (χ1) is 28.2. The van der Waals surface area contributed by atoms with E-state index in [1.807, 2.05) is 114 Å². The van der Waals surface area contributed by atoms with Gasteiger partial charge in [-0.25, -0.2) is 0 Å². The van der Waals surface area contributed by atoms with Crippen LogP contribution in [0.25, 0.3) is 32.7 Å². The summed E-state index contributed by atoms with van der Waals surface area (Å²) in [6.45, 7) is 0. The van der Waals surface area contributed by atoms with Gasteiger partial charge in [0.05, 0.1) is 19.6 Å². The average Bonchev–Trinajstić information content (AvgIpc) is 3.89. The van der Waals surface area contributed by atoms with Gasteiger partial charge in [-0.2, -0.15) is 0 Å². The van der Waals surface area contributed by atoms with Crippen LogP contribution in [0.5, 0.6) is 11.5 Å². The van der Waals surface area contributed by atoms with Crippen molar-refractivity contribution in [2.24, 2.45) is 29.1 Å². The molecule has 2 fully saturated rings. The second kappa shape index (κ2) is 7.90. The molecule has 14 aliphatic carbocycles.